The van der Waals surface area contributed by atoms with E-state index in [4.69, 9.17) is 4.52 Å². The molecule has 0 saturated carbocycles. The van der Waals surface area contributed by atoms with Crippen LogP contribution in [0.15, 0.2) is 10.6 Å². The number of aromatic nitrogens is 1. The second-order valence-electron chi connectivity index (χ2n) is 5.81. The van der Waals surface area contributed by atoms with Crippen LogP contribution in [0.1, 0.15) is 83.6 Å². The van der Waals surface area contributed by atoms with Crippen LogP contribution in [0.4, 0.5) is 0 Å². The Morgan fingerprint density at radius 2 is 1.72 bits per heavy atom. The van der Waals surface area contributed by atoms with Crippen LogP contribution < -0.4 is 0 Å². The lowest BCUT2D eigenvalue weighted by molar-refractivity contribution is 0.264. The molecule has 2 heteroatoms. The fraction of sp³-hybridized carbons (Fsp3) is 0.812. The second kappa shape index (κ2) is 7.60. The summed E-state index contributed by atoms with van der Waals surface area (Å²) in [5.41, 5.74) is 1.19. The monoisotopic (exact) mass is 251 g/mol. The lowest BCUT2D eigenvalue weighted by Crippen LogP contribution is -2.21. The van der Waals surface area contributed by atoms with Gasteiger partial charge in [-0.2, -0.15) is 0 Å². The third-order valence-electron chi connectivity index (χ3n) is 3.89. The highest BCUT2D eigenvalue weighted by atomic mass is 16.5. The Hall–Kier alpha value is -0.790. The molecule has 0 saturated heterocycles. The summed E-state index contributed by atoms with van der Waals surface area (Å²) in [6.45, 7) is 8.86. The number of unbranched alkanes of at least 4 members (excludes halogenated alkanes) is 4. The molecule has 1 aromatic heterocycles. The van der Waals surface area contributed by atoms with Gasteiger partial charge < -0.3 is 4.52 Å². The molecule has 1 atom stereocenters. The van der Waals surface area contributed by atoms with E-state index in [-0.39, 0.29) is 5.41 Å². The maximum atomic E-state index is 5.53. The zero-order valence-electron chi connectivity index (χ0n) is 12.6. The van der Waals surface area contributed by atoms with E-state index in [1.807, 2.05) is 6.92 Å². The molecule has 1 aromatic rings. The van der Waals surface area contributed by atoms with Crippen molar-refractivity contribution in [3.05, 3.63) is 17.5 Å². The van der Waals surface area contributed by atoms with Crippen LogP contribution in [-0.4, -0.2) is 5.16 Å². The molecule has 0 aromatic carbocycles. The number of hydrogen-bond donors (Lipinski definition) is 0. The molecule has 1 unspecified atom stereocenters. The van der Waals surface area contributed by atoms with Crippen molar-refractivity contribution in [2.75, 3.05) is 0 Å². The zero-order valence-corrected chi connectivity index (χ0v) is 12.6. The second-order valence-corrected chi connectivity index (χ2v) is 5.81. The summed E-state index contributed by atoms with van der Waals surface area (Å²) in [5.74, 6) is 1.09. The maximum Gasteiger partial charge on any atom is 0.142 e. The van der Waals surface area contributed by atoms with E-state index in [9.17, 15) is 0 Å². The van der Waals surface area contributed by atoms with E-state index in [2.05, 4.69) is 32.0 Å². The van der Waals surface area contributed by atoms with E-state index < -0.39 is 0 Å². The molecule has 1 heterocycles. The first-order chi connectivity index (χ1) is 8.62. The van der Waals surface area contributed by atoms with Crippen molar-refractivity contribution in [1.29, 1.82) is 0 Å². The Morgan fingerprint density at radius 3 is 2.28 bits per heavy atom. The van der Waals surface area contributed by atoms with Crippen LogP contribution in [0.25, 0.3) is 0 Å². The predicted molar refractivity (Wildman–Crippen MR) is 76.9 cm³/mol. The molecule has 0 bridgehead atoms. The molecule has 0 fully saturated rings. The quantitative estimate of drug-likeness (QED) is 0.549. The third kappa shape index (κ3) is 4.47. The van der Waals surface area contributed by atoms with Crippen LogP contribution in [-0.2, 0) is 5.41 Å². The van der Waals surface area contributed by atoms with Gasteiger partial charge in [-0.05, 0) is 19.8 Å². The summed E-state index contributed by atoms with van der Waals surface area (Å²) in [6, 6.07) is 2.12. The average molecular weight is 251 g/mol. The predicted octanol–water partition coefficient (Wildman–Crippen LogP) is 5.40. The first-order valence-electron chi connectivity index (χ1n) is 7.56. The standard InChI is InChI=1S/C16H29NO/c1-5-7-9-10-12-16(4,11-8-6-2)15-13-14(3)17-18-15/h13H,5-12H2,1-4H3. The van der Waals surface area contributed by atoms with Gasteiger partial charge in [0.1, 0.15) is 5.76 Å². The summed E-state index contributed by atoms with van der Waals surface area (Å²) >= 11 is 0. The summed E-state index contributed by atoms with van der Waals surface area (Å²) in [7, 11) is 0. The largest absolute Gasteiger partial charge is 0.361 e. The molecule has 0 aliphatic heterocycles. The lowest BCUT2D eigenvalue weighted by atomic mass is 9.78. The Labute approximate surface area is 112 Å². The minimum absolute atomic E-state index is 0.186. The van der Waals surface area contributed by atoms with Crippen molar-refractivity contribution in [1.82, 2.24) is 5.16 Å². The maximum absolute atomic E-state index is 5.53. The molecular formula is C16H29NO. The SMILES string of the molecule is CCCCCCC(C)(CCCC)c1cc(C)no1. The first kappa shape index (κ1) is 15.3. The fourth-order valence-corrected chi connectivity index (χ4v) is 2.53. The van der Waals surface area contributed by atoms with Crippen LogP contribution in [0.2, 0.25) is 0 Å². The smallest absolute Gasteiger partial charge is 0.142 e. The molecule has 18 heavy (non-hydrogen) atoms. The van der Waals surface area contributed by atoms with Gasteiger partial charge in [0, 0.05) is 11.5 Å². The lowest BCUT2D eigenvalue weighted by Gasteiger charge is -2.26. The highest BCUT2D eigenvalue weighted by Crippen LogP contribution is 2.35. The molecule has 104 valence electrons. The summed E-state index contributed by atoms with van der Waals surface area (Å²) < 4.78 is 5.53. The summed E-state index contributed by atoms with van der Waals surface area (Å²) in [5, 5.41) is 4.06. The molecule has 0 amide bonds. The van der Waals surface area contributed by atoms with E-state index >= 15 is 0 Å². The Balaban J connectivity index is 2.62. The minimum Gasteiger partial charge on any atom is -0.361 e. The first-order valence-corrected chi connectivity index (χ1v) is 7.56. The molecule has 2 nitrogen and oxygen atoms in total. The van der Waals surface area contributed by atoms with Crippen molar-refractivity contribution in [2.45, 2.75) is 84.5 Å². The molecule has 0 aliphatic rings. The van der Waals surface area contributed by atoms with Gasteiger partial charge in [-0.15, -0.1) is 0 Å². The average Bonchev–Trinajstić information content (AvgIpc) is 2.80. The van der Waals surface area contributed by atoms with Gasteiger partial charge in [-0.3, -0.25) is 0 Å². The van der Waals surface area contributed by atoms with Gasteiger partial charge in [0.2, 0.25) is 0 Å². The zero-order chi connectivity index (χ0) is 13.4. The number of nitrogens with zero attached hydrogens (tertiary/aromatic N) is 1. The molecular weight excluding hydrogens is 222 g/mol. The third-order valence-corrected chi connectivity index (χ3v) is 3.89. The van der Waals surface area contributed by atoms with Crippen LogP contribution >= 0.6 is 0 Å². The van der Waals surface area contributed by atoms with Crippen LogP contribution in [0.3, 0.4) is 0 Å². The van der Waals surface area contributed by atoms with Gasteiger partial charge in [0.25, 0.3) is 0 Å². The molecule has 1 rings (SSSR count). The molecule has 0 radical (unpaired) electrons. The number of hydrogen-bond acceptors (Lipinski definition) is 2. The summed E-state index contributed by atoms with van der Waals surface area (Å²) in [6.07, 6.45) is 10.2. The molecule has 0 spiro atoms. The highest BCUT2D eigenvalue weighted by Gasteiger charge is 2.29. The Morgan fingerprint density at radius 1 is 1.06 bits per heavy atom. The minimum atomic E-state index is 0.186. The molecule has 0 aliphatic carbocycles. The van der Waals surface area contributed by atoms with E-state index in [0.717, 1.165) is 11.5 Å². The van der Waals surface area contributed by atoms with Gasteiger partial charge in [0.15, 0.2) is 0 Å². The van der Waals surface area contributed by atoms with Gasteiger partial charge in [0.05, 0.1) is 5.69 Å². The Kier molecular flexibility index (Phi) is 6.45. The number of aryl methyl sites for hydroxylation is 1. The van der Waals surface area contributed by atoms with E-state index in [1.165, 1.54) is 51.4 Å². The topological polar surface area (TPSA) is 26.0 Å². The number of rotatable bonds is 9. The van der Waals surface area contributed by atoms with Crippen molar-refractivity contribution in [3.8, 4) is 0 Å². The molecule has 0 N–H and O–H groups in total. The van der Waals surface area contributed by atoms with Crippen molar-refractivity contribution >= 4 is 0 Å². The van der Waals surface area contributed by atoms with Crippen molar-refractivity contribution in [2.24, 2.45) is 0 Å². The van der Waals surface area contributed by atoms with Gasteiger partial charge in [-0.1, -0.05) is 64.5 Å². The fourth-order valence-electron chi connectivity index (χ4n) is 2.53. The Bertz CT molecular complexity index is 332. The summed E-state index contributed by atoms with van der Waals surface area (Å²) in [4.78, 5) is 0. The van der Waals surface area contributed by atoms with Gasteiger partial charge >= 0.3 is 0 Å². The van der Waals surface area contributed by atoms with Gasteiger partial charge in [-0.25, -0.2) is 0 Å². The van der Waals surface area contributed by atoms with Crippen LogP contribution in [0.5, 0.6) is 0 Å². The normalized spacial score (nSPS) is 14.7. The van der Waals surface area contributed by atoms with E-state index in [0.29, 0.717) is 0 Å². The highest BCUT2D eigenvalue weighted by molar-refractivity contribution is 5.14. The van der Waals surface area contributed by atoms with Crippen LogP contribution in [0, 0.1) is 6.92 Å². The van der Waals surface area contributed by atoms with E-state index in [1.54, 1.807) is 0 Å². The van der Waals surface area contributed by atoms with Crippen molar-refractivity contribution in [3.63, 3.8) is 0 Å². The van der Waals surface area contributed by atoms with Crippen molar-refractivity contribution < 1.29 is 4.52 Å².